The zero-order valence-electron chi connectivity index (χ0n) is 15.7. The fourth-order valence-corrected chi connectivity index (χ4v) is 3.60. The molecule has 0 aliphatic heterocycles. The first-order valence-electron chi connectivity index (χ1n) is 8.54. The number of nitrogens with zero attached hydrogens (tertiary/aromatic N) is 3. The summed E-state index contributed by atoms with van der Waals surface area (Å²) in [4.78, 5) is 10.2. The van der Waals surface area contributed by atoms with E-state index >= 15 is 0 Å². The number of rotatable bonds is 6. The molecule has 1 heterocycles. The lowest BCUT2D eigenvalue weighted by molar-refractivity contribution is 0.319. The highest BCUT2D eigenvalue weighted by Crippen LogP contribution is 2.26. The number of hydrogen-bond acceptors (Lipinski definition) is 4. The van der Waals surface area contributed by atoms with Crippen LogP contribution >= 0.6 is 23.4 Å². The summed E-state index contributed by atoms with van der Waals surface area (Å²) in [7, 11) is 6.22. The molecule has 0 atom stereocenters. The third-order valence-electron chi connectivity index (χ3n) is 4.40. The summed E-state index contributed by atoms with van der Waals surface area (Å²) >= 11 is 8.17. The van der Waals surface area contributed by atoms with E-state index in [1.165, 1.54) is 16.1 Å². The van der Waals surface area contributed by atoms with Gasteiger partial charge in [-0.25, -0.2) is 4.98 Å². The van der Waals surface area contributed by atoms with E-state index in [4.69, 9.17) is 11.6 Å². The van der Waals surface area contributed by atoms with E-state index in [-0.39, 0.29) is 0 Å². The lowest BCUT2D eigenvalue weighted by Crippen LogP contribution is -2.18. The number of halogens is 1. The standard InChI is InChI=1S/C21H24ClN3S/c1-24(2)18-8-5-15(6-9-18)13-25(3)14-17-11-16-7-10-19(26-4)12-20(16)23-21(17)22/h5-12H,13-14H2,1-4H3. The molecule has 0 radical (unpaired) electrons. The van der Waals surface area contributed by atoms with Gasteiger partial charge in [0.15, 0.2) is 0 Å². The number of thioether (sulfide) groups is 1. The van der Waals surface area contributed by atoms with Crippen LogP contribution in [0.2, 0.25) is 5.15 Å². The molecular weight excluding hydrogens is 362 g/mol. The number of aromatic nitrogens is 1. The maximum absolute atomic E-state index is 6.45. The summed E-state index contributed by atoms with van der Waals surface area (Å²) in [6.07, 6.45) is 2.07. The van der Waals surface area contributed by atoms with Crippen molar-refractivity contribution in [2.75, 3.05) is 32.3 Å². The van der Waals surface area contributed by atoms with Crippen LogP contribution in [0.5, 0.6) is 0 Å². The Morgan fingerprint density at radius 2 is 1.69 bits per heavy atom. The minimum absolute atomic E-state index is 0.588. The van der Waals surface area contributed by atoms with Gasteiger partial charge in [-0.2, -0.15) is 0 Å². The van der Waals surface area contributed by atoms with Gasteiger partial charge in [-0.1, -0.05) is 29.8 Å². The first-order valence-corrected chi connectivity index (χ1v) is 10.1. The second kappa shape index (κ2) is 8.30. The summed E-state index contributed by atoms with van der Waals surface area (Å²) in [5.74, 6) is 0. The smallest absolute Gasteiger partial charge is 0.134 e. The molecule has 136 valence electrons. The molecule has 0 aliphatic carbocycles. The zero-order chi connectivity index (χ0) is 18.7. The molecule has 0 amide bonds. The fourth-order valence-electron chi connectivity index (χ4n) is 2.96. The Kier molecular flexibility index (Phi) is 6.07. The van der Waals surface area contributed by atoms with Crippen LogP contribution in [0.3, 0.4) is 0 Å². The van der Waals surface area contributed by atoms with Crippen molar-refractivity contribution < 1.29 is 0 Å². The van der Waals surface area contributed by atoms with Crippen LogP contribution in [0.1, 0.15) is 11.1 Å². The van der Waals surface area contributed by atoms with E-state index in [0.717, 1.165) is 29.6 Å². The summed E-state index contributed by atoms with van der Waals surface area (Å²) in [5.41, 5.74) is 4.51. The Morgan fingerprint density at radius 1 is 0.962 bits per heavy atom. The van der Waals surface area contributed by atoms with Crippen molar-refractivity contribution in [2.45, 2.75) is 18.0 Å². The molecule has 0 aliphatic rings. The van der Waals surface area contributed by atoms with E-state index in [2.05, 4.69) is 90.7 Å². The molecule has 2 aromatic carbocycles. The van der Waals surface area contributed by atoms with Gasteiger partial charge in [0.2, 0.25) is 0 Å². The molecule has 3 nitrogen and oxygen atoms in total. The molecule has 0 bridgehead atoms. The highest BCUT2D eigenvalue weighted by molar-refractivity contribution is 7.98. The molecule has 26 heavy (non-hydrogen) atoms. The van der Waals surface area contributed by atoms with Crippen LogP contribution in [-0.4, -0.2) is 37.3 Å². The molecule has 3 rings (SSSR count). The number of pyridine rings is 1. The molecule has 3 aromatic rings. The quantitative estimate of drug-likeness (QED) is 0.423. The number of benzene rings is 2. The fraction of sp³-hybridized carbons (Fsp3) is 0.286. The zero-order valence-corrected chi connectivity index (χ0v) is 17.2. The maximum atomic E-state index is 6.45. The van der Waals surface area contributed by atoms with Crippen LogP contribution in [0.15, 0.2) is 53.4 Å². The van der Waals surface area contributed by atoms with Gasteiger partial charge in [-0.3, -0.25) is 4.90 Å². The number of fused-ring (bicyclic) bond motifs is 1. The van der Waals surface area contributed by atoms with Gasteiger partial charge >= 0.3 is 0 Å². The van der Waals surface area contributed by atoms with Crippen molar-refractivity contribution >= 4 is 40.0 Å². The number of anilines is 1. The second-order valence-electron chi connectivity index (χ2n) is 6.73. The van der Waals surface area contributed by atoms with Gasteiger partial charge in [0.25, 0.3) is 0 Å². The minimum atomic E-state index is 0.588. The summed E-state index contributed by atoms with van der Waals surface area (Å²) in [5, 5.41) is 1.72. The third kappa shape index (κ3) is 4.50. The van der Waals surface area contributed by atoms with E-state index in [0.29, 0.717) is 5.15 Å². The van der Waals surface area contributed by atoms with E-state index in [1.54, 1.807) is 11.8 Å². The maximum Gasteiger partial charge on any atom is 0.134 e. The highest BCUT2D eigenvalue weighted by atomic mass is 35.5. The SMILES string of the molecule is CSc1ccc2cc(CN(C)Cc3ccc(N(C)C)cc3)c(Cl)nc2c1. The van der Waals surface area contributed by atoms with Crippen molar-refractivity contribution in [2.24, 2.45) is 0 Å². The van der Waals surface area contributed by atoms with Crippen molar-refractivity contribution in [3.8, 4) is 0 Å². The van der Waals surface area contributed by atoms with Crippen LogP contribution in [0.25, 0.3) is 10.9 Å². The van der Waals surface area contributed by atoms with Crippen LogP contribution < -0.4 is 4.90 Å². The van der Waals surface area contributed by atoms with Crippen LogP contribution in [-0.2, 0) is 13.1 Å². The average molecular weight is 386 g/mol. The largest absolute Gasteiger partial charge is 0.378 e. The molecule has 0 saturated heterocycles. The summed E-state index contributed by atoms with van der Waals surface area (Å²) in [6.45, 7) is 1.63. The first kappa shape index (κ1) is 19.0. The van der Waals surface area contributed by atoms with Gasteiger partial charge in [0.1, 0.15) is 5.15 Å². The highest BCUT2D eigenvalue weighted by Gasteiger charge is 2.09. The topological polar surface area (TPSA) is 19.4 Å². The Labute approximate surface area is 165 Å². The Hall–Kier alpha value is -1.75. The van der Waals surface area contributed by atoms with Crippen molar-refractivity contribution in [1.29, 1.82) is 0 Å². The second-order valence-corrected chi connectivity index (χ2v) is 7.97. The molecule has 1 aromatic heterocycles. The predicted molar refractivity (Wildman–Crippen MR) is 114 cm³/mol. The predicted octanol–water partition coefficient (Wildman–Crippen LogP) is 5.31. The lowest BCUT2D eigenvalue weighted by Gasteiger charge is -2.19. The molecule has 0 spiro atoms. The summed E-state index contributed by atoms with van der Waals surface area (Å²) < 4.78 is 0. The molecular formula is C21H24ClN3S. The van der Waals surface area contributed by atoms with Gasteiger partial charge < -0.3 is 4.90 Å². The third-order valence-corrected chi connectivity index (χ3v) is 5.45. The molecule has 5 heteroatoms. The summed E-state index contributed by atoms with van der Waals surface area (Å²) in [6, 6.07) is 17.1. The Balaban J connectivity index is 1.74. The lowest BCUT2D eigenvalue weighted by atomic mass is 10.1. The van der Waals surface area contributed by atoms with Gasteiger partial charge in [0.05, 0.1) is 5.52 Å². The van der Waals surface area contributed by atoms with E-state index in [1.807, 2.05) is 0 Å². The normalized spacial score (nSPS) is 11.3. The first-order chi connectivity index (χ1) is 12.5. The molecule has 0 unspecified atom stereocenters. The molecule has 0 saturated carbocycles. The van der Waals surface area contributed by atoms with Crippen molar-refractivity contribution in [3.63, 3.8) is 0 Å². The van der Waals surface area contributed by atoms with E-state index in [9.17, 15) is 0 Å². The number of hydrogen-bond donors (Lipinski definition) is 0. The van der Waals surface area contributed by atoms with Gasteiger partial charge in [-0.15, -0.1) is 11.8 Å². The van der Waals surface area contributed by atoms with Crippen molar-refractivity contribution in [1.82, 2.24) is 9.88 Å². The molecule has 0 fully saturated rings. The monoisotopic (exact) mass is 385 g/mol. The van der Waals surface area contributed by atoms with E-state index < -0.39 is 0 Å². The van der Waals surface area contributed by atoms with Crippen LogP contribution in [0.4, 0.5) is 5.69 Å². The molecule has 0 N–H and O–H groups in total. The van der Waals surface area contributed by atoms with Crippen LogP contribution in [0, 0.1) is 0 Å². The Bertz CT molecular complexity index is 894. The van der Waals surface area contributed by atoms with Gasteiger partial charge in [-0.05, 0) is 49.2 Å². The minimum Gasteiger partial charge on any atom is -0.378 e. The Morgan fingerprint density at radius 3 is 2.35 bits per heavy atom. The van der Waals surface area contributed by atoms with Gasteiger partial charge in [0, 0.05) is 48.7 Å². The average Bonchev–Trinajstić information content (AvgIpc) is 2.62. The van der Waals surface area contributed by atoms with Crippen molar-refractivity contribution in [3.05, 3.63) is 64.8 Å².